The lowest BCUT2D eigenvalue weighted by Gasteiger charge is -2.02. The van der Waals surface area contributed by atoms with Crippen LogP contribution in [0.15, 0.2) is 34.9 Å². The molecule has 0 aliphatic carbocycles. The monoisotopic (exact) mass is 222 g/mol. The molecular formula is C12H8F2O2. The van der Waals surface area contributed by atoms with Crippen molar-refractivity contribution in [3.63, 3.8) is 0 Å². The molecule has 0 saturated heterocycles. The molecule has 0 aliphatic rings. The number of hydrogen-bond acceptors (Lipinski definition) is 2. The summed E-state index contributed by atoms with van der Waals surface area (Å²) in [6.45, 7) is 1.43. The Hall–Kier alpha value is -1.97. The molecule has 0 fully saturated rings. The molecule has 2 nitrogen and oxygen atoms in total. The first-order chi connectivity index (χ1) is 7.59. The second-order valence-corrected chi connectivity index (χ2v) is 3.39. The van der Waals surface area contributed by atoms with E-state index in [0.717, 1.165) is 12.1 Å². The lowest BCUT2D eigenvalue weighted by molar-refractivity contribution is 0.100. The zero-order valence-electron chi connectivity index (χ0n) is 8.46. The minimum absolute atomic E-state index is 0.0119. The Morgan fingerprint density at radius 2 is 2.00 bits per heavy atom. The van der Waals surface area contributed by atoms with Crippen LogP contribution in [0.4, 0.5) is 8.78 Å². The lowest BCUT2D eigenvalue weighted by atomic mass is 10.1. The molecule has 0 radical (unpaired) electrons. The number of benzene rings is 1. The zero-order chi connectivity index (χ0) is 11.7. The summed E-state index contributed by atoms with van der Waals surface area (Å²) in [7, 11) is 0. The van der Waals surface area contributed by atoms with Gasteiger partial charge in [-0.2, -0.15) is 0 Å². The molecule has 82 valence electrons. The van der Waals surface area contributed by atoms with Gasteiger partial charge in [0.1, 0.15) is 11.6 Å². The van der Waals surface area contributed by atoms with E-state index in [-0.39, 0.29) is 16.9 Å². The maximum atomic E-state index is 13.4. The molecule has 4 heteroatoms. The first-order valence-electron chi connectivity index (χ1n) is 4.63. The van der Waals surface area contributed by atoms with Gasteiger partial charge in [0.25, 0.3) is 0 Å². The van der Waals surface area contributed by atoms with E-state index >= 15 is 0 Å². The van der Waals surface area contributed by atoms with Crippen molar-refractivity contribution in [1.82, 2.24) is 0 Å². The third-order valence-electron chi connectivity index (χ3n) is 2.24. The summed E-state index contributed by atoms with van der Waals surface area (Å²) in [4.78, 5) is 11.7. The second-order valence-electron chi connectivity index (χ2n) is 3.39. The number of carbonyl (C=O) groups is 1. The third kappa shape index (κ3) is 1.74. The molecule has 0 spiro atoms. The van der Waals surface area contributed by atoms with Gasteiger partial charge < -0.3 is 4.42 Å². The number of halogens is 2. The normalized spacial score (nSPS) is 10.4. The summed E-state index contributed by atoms with van der Waals surface area (Å²) >= 11 is 0. The molecule has 0 bridgehead atoms. The molecule has 1 heterocycles. The number of ketones is 1. The summed E-state index contributed by atoms with van der Waals surface area (Å²) in [6, 6.07) is 4.79. The van der Waals surface area contributed by atoms with Gasteiger partial charge in [-0.25, -0.2) is 8.78 Å². The van der Waals surface area contributed by atoms with Gasteiger partial charge in [-0.15, -0.1) is 0 Å². The molecule has 1 aromatic carbocycles. The molecule has 0 amide bonds. The number of aryl methyl sites for hydroxylation is 1. The van der Waals surface area contributed by atoms with Gasteiger partial charge in [-0.3, -0.25) is 4.79 Å². The molecule has 0 atom stereocenters. The predicted octanol–water partition coefficient (Wildman–Crippen LogP) is 3.10. The number of furan rings is 1. The van der Waals surface area contributed by atoms with Gasteiger partial charge in [-0.1, -0.05) is 0 Å². The van der Waals surface area contributed by atoms with Gasteiger partial charge in [0.2, 0.25) is 5.78 Å². The van der Waals surface area contributed by atoms with E-state index < -0.39 is 17.4 Å². The molecule has 2 aromatic rings. The van der Waals surface area contributed by atoms with Crippen molar-refractivity contribution in [2.75, 3.05) is 0 Å². The average molecular weight is 222 g/mol. The quantitative estimate of drug-likeness (QED) is 0.731. The highest BCUT2D eigenvalue weighted by molar-refractivity contribution is 6.07. The first-order valence-corrected chi connectivity index (χ1v) is 4.63. The minimum atomic E-state index is -0.750. The second kappa shape index (κ2) is 3.89. The summed E-state index contributed by atoms with van der Waals surface area (Å²) in [5, 5.41) is 0. The first kappa shape index (κ1) is 10.5. The Morgan fingerprint density at radius 1 is 1.25 bits per heavy atom. The summed E-state index contributed by atoms with van der Waals surface area (Å²) in [5.41, 5.74) is -0.161. The van der Waals surface area contributed by atoms with E-state index in [1.54, 1.807) is 0 Å². The van der Waals surface area contributed by atoms with Crippen LogP contribution in [0.1, 0.15) is 21.7 Å². The van der Waals surface area contributed by atoms with Crippen molar-refractivity contribution in [3.05, 3.63) is 59.1 Å². The fraction of sp³-hybridized carbons (Fsp3) is 0.0833. The molecule has 2 rings (SSSR count). The van der Waals surface area contributed by atoms with Crippen LogP contribution >= 0.6 is 0 Å². The van der Waals surface area contributed by atoms with E-state index in [9.17, 15) is 13.6 Å². The van der Waals surface area contributed by atoms with Crippen molar-refractivity contribution in [2.45, 2.75) is 6.92 Å². The highest BCUT2D eigenvalue weighted by Crippen LogP contribution is 2.18. The maximum absolute atomic E-state index is 13.4. The smallest absolute Gasteiger partial charge is 0.231 e. The zero-order valence-corrected chi connectivity index (χ0v) is 8.46. The standard InChI is InChI=1S/C12H8F2O2/c1-7-5-10(14)8(6-9(7)13)12(15)11-3-2-4-16-11/h2-6H,1H3. The Bertz CT molecular complexity index is 530. The SMILES string of the molecule is Cc1cc(F)c(C(=O)c2ccco2)cc1F. The fourth-order valence-electron chi connectivity index (χ4n) is 1.36. The van der Waals surface area contributed by atoms with Crippen molar-refractivity contribution >= 4 is 5.78 Å². The Labute approximate surface area is 90.5 Å². The van der Waals surface area contributed by atoms with Crippen LogP contribution < -0.4 is 0 Å². The van der Waals surface area contributed by atoms with Crippen LogP contribution in [-0.4, -0.2) is 5.78 Å². The largest absolute Gasteiger partial charge is 0.461 e. The van der Waals surface area contributed by atoms with Gasteiger partial charge in [0.15, 0.2) is 5.76 Å². The van der Waals surface area contributed by atoms with Gasteiger partial charge in [0.05, 0.1) is 11.8 Å². The Morgan fingerprint density at radius 3 is 2.62 bits per heavy atom. The van der Waals surface area contributed by atoms with Gasteiger partial charge >= 0.3 is 0 Å². The van der Waals surface area contributed by atoms with Crippen LogP contribution in [-0.2, 0) is 0 Å². The molecule has 16 heavy (non-hydrogen) atoms. The van der Waals surface area contributed by atoms with E-state index in [0.29, 0.717) is 0 Å². The maximum Gasteiger partial charge on any atom is 0.231 e. The van der Waals surface area contributed by atoms with Crippen LogP contribution in [0.3, 0.4) is 0 Å². The summed E-state index contributed by atoms with van der Waals surface area (Å²) in [5.74, 6) is -2.04. The van der Waals surface area contributed by atoms with Crippen LogP contribution in [0.25, 0.3) is 0 Å². The minimum Gasteiger partial charge on any atom is -0.461 e. The molecule has 1 aromatic heterocycles. The van der Waals surface area contributed by atoms with Crippen LogP contribution in [0.5, 0.6) is 0 Å². The summed E-state index contributed by atoms with van der Waals surface area (Å²) < 4.78 is 31.5. The highest BCUT2D eigenvalue weighted by atomic mass is 19.1. The van der Waals surface area contributed by atoms with Crippen molar-refractivity contribution in [1.29, 1.82) is 0 Å². The van der Waals surface area contributed by atoms with Crippen LogP contribution in [0.2, 0.25) is 0 Å². The lowest BCUT2D eigenvalue weighted by Crippen LogP contribution is -2.04. The van der Waals surface area contributed by atoms with Crippen molar-refractivity contribution < 1.29 is 18.0 Å². The fourth-order valence-corrected chi connectivity index (χ4v) is 1.36. The van der Waals surface area contributed by atoms with Crippen molar-refractivity contribution in [3.8, 4) is 0 Å². The molecule has 0 aliphatic heterocycles. The molecule has 0 N–H and O–H groups in total. The van der Waals surface area contributed by atoms with E-state index in [1.807, 2.05) is 0 Å². The molecular weight excluding hydrogens is 214 g/mol. The van der Waals surface area contributed by atoms with E-state index in [4.69, 9.17) is 4.42 Å². The predicted molar refractivity (Wildman–Crippen MR) is 53.2 cm³/mol. The van der Waals surface area contributed by atoms with Crippen molar-refractivity contribution in [2.24, 2.45) is 0 Å². The Balaban J connectivity index is 2.49. The van der Waals surface area contributed by atoms with Gasteiger partial charge in [0, 0.05) is 0 Å². The molecule has 0 unspecified atom stereocenters. The summed E-state index contributed by atoms with van der Waals surface area (Å²) in [6.07, 6.45) is 1.30. The number of carbonyl (C=O) groups excluding carboxylic acids is 1. The van der Waals surface area contributed by atoms with Gasteiger partial charge in [-0.05, 0) is 36.8 Å². The number of rotatable bonds is 2. The highest BCUT2D eigenvalue weighted by Gasteiger charge is 2.18. The topological polar surface area (TPSA) is 30.2 Å². The average Bonchev–Trinajstić information content (AvgIpc) is 2.75. The van der Waals surface area contributed by atoms with Crippen LogP contribution in [0, 0.1) is 18.6 Å². The van der Waals surface area contributed by atoms with E-state index in [2.05, 4.69) is 0 Å². The Kier molecular flexibility index (Phi) is 2.56. The third-order valence-corrected chi connectivity index (χ3v) is 2.24. The molecule has 0 saturated carbocycles. The number of hydrogen-bond donors (Lipinski definition) is 0. The van der Waals surface area contributed by atoms with E-state index in [1.165, 1.54) is 25.3 Å².